The van der Waals surface area contributed by atoms with Crippen molar-refractivity contribution in [3.8, 4) is 11.4 Å². The van der Waals surface area contributed by atoms with E-state index in [1.165, 1.54) is 0 Å². The fourth-order valence-electron chi connectivity index (χ4n) is 2.60. The molecule has 160 valence electrons. The number of nitrogen functional groups attached to an aromatic ring is 1. The van der Waals surface area contributed by atoms with Crippen LogP contribution < -0.4 is 16.4 Å². The minimum atomic E-state index is -0.410. The van der Waals surface area contributed by atoms with Crippen molar-refractivity contribution in [2.45, 2.75) is 46.6 Å². The van der Waals surface area contributed by atoms with Crippen molar-refractivity contribution in [1.29, 1.82) is 0 Å². The van der Waals surface area contributed by atoms with Crippen molar-refractivity contribution in [2.75, 3.05) is 31.3 Å². The number of methoxy groups -OCH3 is 1. The minimum absolute atomic E-state index is 0.0672. The number of nitrogens with one attached hydrogen (secondary N) is 2. The lowest BCUT2D eigenvalue weighted by Crippen LogP contribution is -2.41. The molecule has 2 heterocycles. The highest BCUT2D eigenvalue weighted by atomic mass is 16.5. The van der Waals surface area contributed by atoms with Gasteiger partial charge in [-0.2, -0.15) is 0 Å². The second-order valence-electron chi connectivity index (χ2n) is 6.70. The summed E-state index contributed by atoms with van der Waals surface area (Å²) in [6.45, 7) is 9.32. The number of pyridine rings is 1. The van der Waals surface area contributed by atoms with Crippen LogP contribution in [0.15, 0.2) is 30.6 Å². The lowest BCUT2D eigenvalue weighted by Gasteiger charge is -2.21. The monoisotopic (exact) mass is 402 g/mol. The van der Waals surface area contributed by atoms with Gasteiger partial charge < -0.3 is 21.1 Å². The van der Waals surface area contributed by atoms with E-state index in [2.05, 4.69) is 39.4 Å². The first kappa shape index (κ1) is 24.3. The fourth-order valence-corrected chi connectivity index (χ4v) is 2.60. The highest BCUT2D eigenvalue weighted by molar-refractivity contribution is 5.84. The zero-order valence-corrected chi connectivity index (χ0v) is 18.1. The number of hydrogen-bond acceptors (Lipinski definition) is 7. The quantitative estimate of drug-likeness (QED) is 0.523. The summed E-state index contributed by atoms with van der Waals surface area (Å²) in [6, 6.07) is 4.85. The average molecular weight is 403 g/mol. The highest BCUT2D eigenvalue weighted by Crippen LogP contribution is 2.19. The van der Waals surface area contributed by atoms with Crippen LogP contribution >= 0.6 is 0 Å². The van der Waals surface area contributed by atoms with Gasteiger partial charge in [-0.25, -0.2) is 9.97 Å². The van der Waals surface area contributed by atoms with Crippen molar-refractivity contribution in [2.24, 2.45) is 5.92 Å². The highest BCUT2D eigenvalue weighted by Gasteiger charge is 2.20. The van der Waals surface area contributed by atoms with E-state index in [9.17, 15) is 4.79 Å². The normalized spacial score (nSPS) is 11.4. The molecule has 0 spiro atoms. The second kappa shape index (κ2) is 13.4. The van der Waals surface area contributed by atoms with Crippen LogP contribution in [0.1, 0.15) is 40.5 Å². The third-order valence-corrected chi connectivity index (χ3v) is 3.85. The maximum atomic E-state index is 12.6. The number of nitrogens with two attached hydrogens (primary N) is 1. The minimum Gasteiger partial charge on any atom is -0.385 e. The van der Waals surface area contributed by atoms with Gasteiger partial charge in [0.2, 0.25) is 5.91 Å². The van der Waals surface area contributed by atoms with Gasteiger partial charge in [0.05, 0.1) is 0 Å². The summed E-state index contributed by atoms with van der Waals surface area (Å²) >= 11 is 0. The SMILES string of the molecule is CC.COCCCNC(=O)[C@H](CC(C)C)Nc1cc(N)nc(-c2ccncc2)n1. The number of amides is 1. The molecule has 0 saturated heterocycles. The molecule has 2 aromatic heterocycles. The van der Waals surface area contributed by atoms with Gasteiger partial charge in [0.1, 0.15) is 17.7 Å². The Balaban J connectivity index is 0.00000204. The molecule has 0 saturated carbocycles. The molecule has 0 aliphatic heterocycles. The third kappa shape index (κ3) is 8.87. The Labute approximate surface area is 173 Å². The summed E-state index contributed by atoms with van der Waals surface area (Å²) in [4.78, 5) is 25.4. The van der Waals surface area contributed by atoms with Gasteiger partial charge in [0, 0.05) is 44.3 Å². The molecule has 0 radical (unpaired) electrons. The number of carbonyl (C=O) groups excluding carboxylic acids is 1. The van der Waals surface area contributed by atoms with E-state index >= 15 is 0 Å². The summed E-state index contributed by atoms with van der Waals surface area (Å²) < 4.78 is 5.01. The maximum absolute atomic E-state index is 12.6. The third-order valence-electron chi connectivity index (χ3n) is 3.85. The molecule has 1 amide bonds. The van der Waals surface area contributed by atoms with Crippen molar-refractivity contribution in [3.63, 3.8) is 0 Å². The Kier molecular flexibility index (Phi) is 11.3. The summed E-state index contributed by atoms with van der Waals surface area (Å²) in [5.41, 5.74) is 6.75. The average Bonchev–Trinajstić information content (AvgIpc) is 2.72. The molecule has 0 bridgehead atoms. The Morgan fingerprint density at radius 1 is 1.21 bits per heavy atom. The van der Waals surface area contributed by atoms with Crippen LogP contribution in [0.25, 0.3) is 11.4 Å². The van der Waals surface area contributed by atoms with E-state index in [0.717, 1.165) is 12.0 Å². The largest absolute Gasteiger partial charge is 0.385 e. The van der Waals surface area contributed by atoms with Gasteiger partial charge in [-0.1, -0.05) is 27.7 Å². The molecule has 2 aromatic rings. The van der Waals surface area contributed by atoms with E-state index in [-0.39, 0.29) is 5.91 Å². The molecule has 1 atom stereocenters. The maximum Gasteiger partial charge on any atom is 0.242 e. The van der Waals surface area contributed by atoms with Gasteiger partial charge in [0.15, 0.2) is 5.82 Å². The molecule has 4 N–H and O–H groups in total. The van der Waals surface area contributed by atoms with Crippen molar-refractivity contribution in [3.05, 3.63) is 30.6 Å². The zero-order chi connectivity index (χ0) is 21.6. The summed E-state index contributed by atoms with van der Waals surface area (Å²) in [5, 5.41) is 6.15. The van der Waals surface area contributed by atoms with Crippen LogP contribution in [0.3, 0.4) is 0 Å². The number of carbonyl (C=O) groups is 1. The summed E-state index contributed by atoms with van der Waals surface area (Å²) in [6.07, 6.45) is 4.78. The lowest BCUT2D eigenvalue weighted by molar-refractivity contribution is -0.122. The predicted molar refractivity (Wildman–Crippen MR) is 117 cm³/mol. The Morgan fingerprint density at radius 3 is 2.52 bits per heavy atom. The van der Waals surface area contributed by atoms with E-state index < -0.39 is 6.04 Å². The number of hydrogen-bond donors (Lipinski definition) is 3. The molecule has 0 fully saturated rings. The molecule has 0 aliphatic carbocycles. The van der Waals surface area contributed by atoms with Crippen LogP contribution in [-0.4, -0.2) is 47.2 Å². The lowest BCUT2D eigenvalue weighted by atomic mass is 10.0. The number of ether oxygens (including phenoxy) is 1. The van der Waals surface area contributed by atoms with Gasteiger partial charge in [0.25, 0.3) is 0 Å². The van der Waals surface area contributed by atoms with Gasteiger partial charge >= 0.3 is 0 Å². The topological polar surface area (TPSA) is 115 Å². The molecule has 8 nitrogen and oxygen atoms in total. The molecular formula is C21H34N6O2. The van der Waals surface area contributed by atoms with Crippen LogP contribution in [0.4, 0.5) is 11.6 Å². The molecule has 0 unspecified atom stereocenters. The van der Waals surface area contributed by atoms with Crippen molar-refractivity contribution in [1.82, 2.24) is 20.3 Å². The fraction of sp³-hybridized carbons (Fsp3) is 0.524. The summed E-state index contributed by atoms with van der Waals surface area (Å²) in [5.74, 6) is 1.62. The van der Waals surface area contributed by atoms with E-state index in [1.54, 1.807) is 25.6 Å². The Hall–Kier alpha value is -2.74. The van der Waals surface area contributed by atoms with Crippen LogP contribution in [0, 0.1) is 5.92 Å². The van der Waals surface area contributed by atoms with E-state index in [0.29, 0.717) is 43.0 Å². The molecule has 2 rings (SSSR count). The molecule has 0 aromatic carbocycles. The van der Waals surface area contributed by atoms with Gasteiger partial charge in [-0.3, -0.25) is 9.78 Å². The number of aromatic nitrogens is 3. The Morgan fingerprint density at radius 2 is 1.90 bits per heavy atom. The van der Waals surface area contributed by atoms with Crippen molar-refractivity contribution < 1.29 is 9.53 Å². The number of nitrogens with zero attached hydrogens (tertiary/aromatic N) is 3. The smallest absolute Gasteiger partial charge is 0.242 e. The summed E-state index contributed by atoms with van der Waals surface area (Å²) in [7, 11) is 1.64. The molecular weight excluding hydrogens is 368 g/mol. The predicted octanol–water partition coefficient (Wildman–Crippen LogP) is 3.13. The van der Waals surface area contributed by atoms with Gasteiger partial charge in [-0.15, -0.1) is 0 Å². The first-order valence-corrected chi connectivity index (χ1v) is 10.1. The first-order chi connectivity index (χ1) is 14.0. The van der Waals surface area contributed by atoms with Crippen LogP contribution in [0.2, 0.25) is 0 Å². The number of rotatable bonds is 10. The van der Waals surface area contributed by atoms with Crippen molar-refractivity contribution >= 4 is 17.5 Å². The molecule has 0 aliphatic rings. The molecule has 8 heteroatoms. The standard InChI is InChI=1S/C19H28N6O2.C2H6/c1-13(2)11-15(19(26)22-7-4-10-27-3)23-17-12-16(20)24-18(25-17)14-5-8-21-9-6-14;1-2/h5-6,8-9,12-13,15H,4,7,10-11H2,1-3H3,(H,22,26)(H3,20,23,24,25);1-2H3/t15-;/m0./s1. The zero-order valence-electron chi connectivity index (χ0n) is 18.1. The van der Waals surface area contributed by atoms with E-state index in [1.807, 2.05) is 26.0 Å². The van der Waals surface area contributed by atoms with E-state index in [4.69, 9.17) is 10.5 Å². The molecule has 29 heavy (non-hydrogen) atoms. The Bertz CT molecular complexity index is 724. The van der Waals surface area contributed by atoms with Gasteiger partial charge in [-0.05, 0) is 30.9 Å². The van der Waals surface area contributed by atoms with Crippen LogP contribution in [0.5, 0.6) is 0 Å². The second-order valence-corrected chi connectivity index (χ2v) is 6.70. The number of anilines is 2. The van der Waals surface area contributed by atoms with Crippen LogP contribution in [-0.2, 0) is 9.53 Å². The first-order valence-electron chi connectivity index (χ1n) is 10.1.